The zero-order valence-electron chi connectivity index (χ0n) is 9.84. The number of hydrogen-bond donors (Lipinski definition) is 0. The lowest BCUT2D eigenvalue weighted by Crippen LogP contribution is -1.86. The first kappa shape index (κ1) is 11.0. The number of hydrogen-bond acceptors (Lipinski definition) is 3. The van der Waals surface area contributed by atoms with Crippen LogP contribution in [-0.2, 0) is 0 Å². The highest BCUT2D eigenvalue weighted by atomic mass is 32.1. The van der Waals surface area contributed by atoms with Crippen molar-refractivity contribution in [2.24, 2.45) is 4.99 Å². The highest BCUT2D eigenvalue weighted by Gasteiger charge is 2.09. The molecule has 0 unspecified atom stereocenters. The minimum atomic E-state index is 0.865. The van der Waals surface area contributed by atoms with Gasteiger partial charge in [-0.05, 0) is 36.8 Å². The zero-order chi connectivity index (χ0) is 12.5. The Kier molecular flexibility index (Phi) is 2.63. The van der Waals surface area contributed by atoms with E-state index < -0.39 is 0 Å². The summed E-state index contributed by atoms with van der Waals surface area (Å²) in [5.41, 5.74) is 3.88. The number of para-hydroxylation sites is 1. The fourth-order valence-electron chi connectivity index (χ4n) is 2.25. The van der Waals surface area contributed by atoms with E-state index in [1.165, 1.54) is 0 Å². The number of thiocarbonyl (C=S) groups is 1. The van der Waals surface area contributed by atoms with Gasteiger partial charge in [0.05, 0.1) is 21.9 Å². The van der Waals surface area contributed by atoms with Crippen molar-refractivity contribution in [3.8, 4) is 0 Å². The van der Waals surface area contributed by atoms with E-state index in [1.807, 2.05) is 36.4 Å². The van der Waals surface area contributed by atoms with E-state index in [0.717, 1.165) is 33.1 Å². The number of fused-ring (bicyclic) bond motifs is 2. The van der Waals surface area contributed by atoms with Gasteiger partial charge in [-0.2, -0.15) is 4.99 Å². The minimum absolute atomic E-state index is 0.865. The summed E-state index contributed by atoms with van der Waals surface area (Å²) >= 11 is 4.77. The smallest absolute Gasteiger partial charge is 0.0930 e. The molecule has 0 aliphatic heterocycles. The second-order valence-corrected chi connectivity index (χ2v) is 4.33. The molecular weight excluding hydrogens is 240 g/mol. The Morgan fingerprint density at radius 2 is 1.83 bits per heavy atom. The van der Waals surface area contributed by atoms with Crippen molar-refractivity contribution < 1.29 is 0 Å². The first-order chi connectivity index (χ1) is 8.81. The summed E-state index contributed by atoms with van der Waals surface area (Å²) in [6.45, 7) is 2.06. The van der Waals surface area contributed by atoms with E-state index in [9.17, 15) is 0 Å². The van der Waals surface area contributed by atoms with Crippen LogP contribution in [0.4, 0.5) is 5.69 Å². The van der Waals surface area contributed by atoms with Gasteiger partial charge in [-0.1, -0.05) is 30.3 Å². The molecule has 86 valence electrons. The van der Waals surface area contributed by atoms with Gasteiger partial charge in [0, 0.05) is 10.8 Å². The summed E-state index contributed by atoms with van der Waals surface area (Å²) in [6, 6.07) is 14.0. The first-order valence-electron chi connectivity index (χ1n) is 5.67. The van der Waals surface area contributed by atoms with Crippen molar-refractivity contribution in [1.29, 1.82) is 0 Å². The highest BCUT2D eigenvalue weighted by molar-refractivity contribution is 7.78. The van der Waals surface area contributed by atoms with Gasteiger partial charge in [-0.25, -0.2) is 4.98 Å². The van der Waals surface area contributed by atoms with Crippen LogP contribution in [0.2, 0.25) is 0 Å². The van der Waals surface area contributed by atoms with Crippen LogP contribution in [0.3, 0.4) is 0 Å². The molecule has 18 heavy (non-hydrogen) atoms. The molecule has 0 spiro atoms. The van der Waals surface area contributed by atoms with Gasteiger partial charge in [-0.15, -0.1) is 0 Å². The van der Waals surface area contributed by atoms with Gasteiger partial charge >= 0.3 is 0 Å². The first-order valence-corrected chi connectivity index (χ1v) is 6.08. The molecule has 0 saturated carbocycles. The van der Waals surface area contributed by atoms with Crippen molar-refractivity contribution in [2.45, 2.75) is 6.92 Å². The van der Waals surface area contributed by atoms with Crippen molar-refractivity contribution in [2.75, 3.05) is 0 Å². The third-order valence-corrected chi connectivity index (χ3v) is 3.14. The van der Waals surface area contributed by atoms with E-state index >= 15 is 0 Å². The summed E-state index contributed by atoms with van der Waals surface area (Å²) < 4.78 is 0. The van der Waals surface area contributed by atoms with Crippen LogP contribution in [0.5, 0.6) is 0 Å². The predicted octanol–water partition coefficient (Wildman–Crippen LogP) is 4.43. The molecule has 3 heteroatoms. The molecule has 1 aromatic heterocycles. The Morgan fingerprint density at radius 1 is 1.06 bits per heavy atom. The van der Waals surface area contributed by atoms with Crippen molar-refractivity contribution in [3.05, 3.63) is 48.0 Å². The van der Waals surface area contributed by atoms with Crippen molar-refractivity contribution in [3.63, 3.8) is 0 Å². The van der Waals surface area contributed by atoms with Gasteiger partial charge in [0.15, 0.2) is 0 Å². The lowest BCUT2D eigenvalue weighted by Gasteiger charge is -2.08. The maximum Gasteiger partial charge on any atom is 0.0930 e. The number of rotatable bonds is 1. The van der Waals surface area contributed by atoms with Crippen LogP contribution in [0.15, 0.2) is 47.5 Å². The van der Waals surface area contributed by atoms with Gasteiger partial charge < -0.3 is 0 Å². The second kappa shape index (κ2) is 4.30. The van der Waals surface area contributed by atoms with Crippen molar-refractivity contribution >= 4 is 44.9 Å². The zero-order valence-corrected chi connectivity index (χ0v) is 10.7. The fourth-order valence-corrected chi connectivity index (χ4v) is 2.34. The SMILES string of the molecule is Cc1cccc2nc3ccccc3c(N=C=S)c12. The molecule has 0 bridgehead atoms. The number of nitrogens with zero attached hydrogens (tertiary/aromatic N) is 2. The number of aryl methyl sites for hydroxylation is 1. The molecule has 2 aromatic carbocycles. The molecule has 0 radical (unpaired) electrons. The number of aromatic nitrogens is 1. The van der Waals surface area contributed by atoms with E-state index in [0.29, 0.717) is 0 Å². The Morgan fingerprint density at radius 3 is 2.67 bits per heavy atom. The summed E-state index contributed by atoms with van der Waals surface area (Å²) in [5, 5.41) is 4.54. The van der Waals surface area contributed by atoms with Gasteiger partial charge in [0.2, 0.25) is 0 Å². The molecule has 3 aromatic rings. The molecule has 2 nitrogen and oxygen atoms in total. The molecule has 0 aliphatic rings. The highest BCUT2D eigenvalue weighted by Crippen LogP contribution is 2.34. The maximum absolute atomic E-state index is 4.77. The molecular formula is C15H10N2S. The normalized spacial score (nSPS) is 10.5. The van der Waals surface area contributed by atoms with Gasteiger partial charge in [0.1, 0.15) is 0 Å². The van der Waals surface area contributed by atoms with E-state index in [4.69, 9.17) is 12.2 Å². The van der Waals surface area contributed by atoms with E-state index in [1.54, 1.807) is 0 Å². The molecule has 1 heterocycles. The van der Waals surface area contributed by atoms with E-state index in [-0.39, 0.29) is 0 Å². The standard InChI is InChI=1S/C15H10N2S/c1-10-5-4-8-13-14(10)15(16-9-18)11-6-2-3-7-12(11)17-13/h2-8H,1H3. The largest absolute Gasteiger partial charge is 0.248 e. The van der Waals surface area contributed by atoms with E-state index in [2.05, 4.69) is 28.1 Å². The summed E-state index contributed by atoms with van der Waals surface area (Å²) in [4.78, 5) is 8.91. The van der Waals surface area contributed by atoms with Gasteiger partial charge in [0.25, 0.3) is 0 Å². The Labute approximate surface area is 110 Å². The maximum atomic E-state index is 4.77. The molecule has 0 saturated heterocycles. The molecule has 0 fully saturated rings. The number of pyridine rings is 1. The van der Waals surface area contributed by atoms with Crippen molar-refractivity contribution in [1.82, 2.24) is 4.98 Å². The topological polar surface area (TPSA) is 25.2 Å². The minimum Gasteiger partial charge on any atom is -0.248 e. The van der Waals surface area contributed by atoms with Crippen LogP contribution >= 0.6 is 12.2 Å². The molecule has 0 amide bonds. The van der Waals surface area contributed by atoms with Gasteiger partial charge in [-0.3, -0.25) is 0 Å². The van der Waals surface area contributed by atoms with Crippen LogP contribution in [0, 0.1) is 6.92 Å². The second-order valence-electron chi connectivity index (χ2n) is 4.15. The Hall–Kier alpha value is -2.09. The third-order valence-electron chi connectivity index (χ3n) is 3.05. The summed E-state index contributed by atoms with van der Waals surface area (Å²) in [5.74, 6) is 0. The van der Waals surface area contributed by atoms with Crippen LogP contribution in [0.1, 0.15) is 5.56 Å². The number of benzene rings is 2. The average Bonchev–Trinajstić information content (AvgIpc) is 2.39. The molecule has 0 atom stereocenters. The lowest BCUT2D eigenvalue weighted by molar-refractivity contribution is 1.44. The monoisotopic (exact) mass is 250 g/mol. The summed E-state index contributed by atoms with van der Waals surface area (Å²) in [6.07, 6.45) is 0. The number of aliphatic imine (C=N–C) groups is 1. The summed E-state index contributed by atoms with van der Waals surface area (Å²) in [7, 11) is 0. The van der Waals surface area contributed by atoms with Crippen LogP contribution < -0.4 is 0 Å². The third kappa shape index (κ3) is 1.61. The molecule has 0 N–H and O–H groups in total. The Bertz CT molecular complexity index is 802. The molecule has 0 aliphatic carbocycles. The molecule has 3 rings (SSSR count). The Balaban J connectivity index is 2.64. The number of isothiocyanates is 1. The van der Waals surface area contributed by atoms with Crippen LogP contribution in [0.25, 0.3) is 21.8 Å². The lowest BCUT2D eigenvalue weighted by atomic mass is 10.0. The average molecular weight is 250 g/mol. The predicted molar refractivity (Wildman–Crippen MR) is 78.7 cm³/mol. The quantitative estimate of drug-likeness (QED) is 0.362. The van der Waals surface area contributed by atoms with Crippen LogP contribution in [-0.4, -0.2) is 10.1 Å². The fraction of sp³-hybridized carbons (Fsp3) is 0.0667.